The summed E-state index contributed by atoms with van der Waals surface area (Å²) in [4.78, 5) is 62.6. The van der Waals surface area contributed by atoms with Crippen molar-refractivity contribution in [1.29, 1.82) is 0 Å². The fourth-order valence-corrected chi connectivity index (χ4v) is 3.99. The van der Waals surface area contributed by atoms with Crippen molar-refractivity contribution >= 4 is 29.7 Å². The number of aliphatic carboxylic acids is 2. The summed E-state index contributed by atoms with van der Waals surface area (Å²) >= 11 is 0. The number of carbonyl (C=O) groups excluding carboxylic acids is 3. The van der Waals surface area contributed by atoms with Crippen molar-refractivity contribution in [3.8, 4) is 5.75 Å². The first-order valence-electron chi connectivity index (χ1n) is 13.3. The lowest BCUT2D eigenvalue weighted by Crippen LogP contribution is -2.58. The van der Waals surface area contributed by atoms with Gasteiger partial charge in [0.2, 0.25) is 17.7 Å². The van der Waals surface area contributed by atoms with Crippen LogP contribution in [0.4, 0.5) is 0 Å². The van der Waals surface area contributed by atoms with Crippen LogP contribution in [0.15, 0.2) is 54.6 Å². The van der Waals surface area contributed by atoms with Gasteiger partial charge in [0.15, 0.2) is 0 Å². The zero-order valence-corrected chi connectivity index (χ0v) is 23.1. The molecule has 0 radical (unpaired) electrons. The van der Waals surface area contributed by atoms with Crippen LogP contribution in [0.3, 0.4) is 0 Å². The number of rotatable bonds is 16. The summed E-state index contributed by atoms with van der Waals surface area (Å²) < 4.78 is 0. The van der Waals surface area contributed by atoms with Gasteiger partial charge in [0, 0.05) is 19.3 Å². The molecular formula is C29H38N4O8. The highest BCUT2D eigenvalue weighted by molar-refractivity contribution is 5.94. The minimum atomic E-state index is -1.32. The summed E-state index contributed by atoms with van der Waals surface area (Å²) in [5.41, 5.74) is 7.20. The van der Waals surface area contributed by atoms with Gasteiger partial charge in [-0.3, -0.25) is 19.2 Å². The molecule has 3 amide bonds. The lowest BCUT2D eigenvalue weighted by atomic mass is 9.98. The van der Waals surface area contributed by atoms with Crippen LogP contribution < -0.4 is 21.7 Å². The van der Waals surface area contributed by atoms with Crippen LogP contribution in [0.25, 0.3) is 0 Å². The fourth-order valence-electron chi connectivity index (χ4n) is 3.99. The van der Waals surface area contributed by atoms with Gasteiger partial charge in [0.05, 0.1) is 6.04 Å². The summed E-state index contributed by atoms with van der Waals surface area (Å²) in [5.74, 6) is -4.95. The SMILES string of the molecule is CCC(C)C(N)C(=O)NC(CCC(=O)O)C(=O)NC(Cc1ccc(O)cc1)C(=O)NC(Cc1ccccc1)C(=O)O. The molecule has 0 fully saturated rings. The molecule has 0 spiro atoms. The van der Waals surface area contributed by atoms with E-state index in [4.69, 9.17) is 10.8 Å². The molecule has 222 valence electrons. The standard InChI is InChI=1S/C29H38N4O8/c1-3-17(2)25(30)28(39)31-21(13-14-24(35)36)26(37)32-22(15-19-9-11-20(34)12-10-19)27(38)33-23(29(40)41)16-18-7-5-4-6-8-18/h4-12,17,21-23,25,34H,3,13-16,30H2,1-2H3,(H,31,39)(H,32,37)(H,33,38)(H,35,36)(H,40,41). The van der Waals surface area contributed by atoms with E-state index in [1.54, 1.807) is 37.3 Å². The van der Waals surface area contributed by atoms with E-state index in [2.05, 4.69) is 16.0 Å². The minimum Gasteiger partial charge on any atom is -0.508 e. The van der Waals surface area contributed by atoms with Gasteiger partial charge in [0.1, 0.15) is 23.9 Å². The van der Waals surface area contributed by atoms with Gasteiger partial charge < -0.3 is 37.0 Å². The Balaban J connectivity index is 2.29. The highest BCUT2D eigenvalue weighted by Gasteiger charge is 2.31. The number of hydrogen-bond donors (Lipinski definition) is 7. The van der Waals surface area contributed by atoms with E-state index < -0.39 is 60.2 Å². The van der Waals surface area contributed by atoms with Crippen LogP contribution >= 0.6 is 0 Å². The lowest BCUT2D eigenvalue weighted by molar-refractivity contribution is -0.142. The molecule has 8 N–H and O–H groups in total. The zero-order chi connectivity index (χ0) is 30.5. The van der Waals surface area contributed by atoms with Crippen molar-refractivity contribution in [2.45, 2.75) is 70.1 Å². The summed E-state index contributed by atoms with van der Waals surface area (Å²) in [6.45, 7) is 3.62. The van der Waals surface area contributed by atoms with Crippen LogP contribution in [0.5, 0.6) is 5.75 Å². The van der Waals surface area contributed by atoms with Gasteiger partial charge in [-0.15, -0.1) is 0 Å². The number of carbonyl (C=O) groups is 5. The molecule has 2 aromatic rings. The second-order valence-corrected chi connectivity index (χ2v) is 9.93. The smallest absolute Gasteiger partial charge is 0.326 e. The Morgan fingerprint density at radius 3 is 1.83 bits per heavy atom. The summed E-state index contributed by atoms with van der Waals surface area (Å²) in [6, 6.07) is 9.70. The molecule has 0 bridgehead atoms. The molecule has 12 heteroatoms. The Morgan fingerprint density at radius 2 is 1.27 bits per heavy atom. The van der Waals surface area contributed by atoms with Crippen molar-refractivity contribution in [2.24, 2.45) is 11.7 Å². The first kappa shape index (κ1) is 32.8. The molecule has 0 heterocycles. The number of carboxylic acids is 2. The third kappa shape index (κ3) is 10.9. The number of phenols is 1. The number of phenolic OH excluding ortho intramolecular Hbond substituents is 1. The van der Waals surface area contributed by atoms with Crippen molar-refractivity contribution in [1.82, 2.24) is 16.0 Å². The number of hydrogen-bond acceptors (Lipinski definition) is 7. The average molecular weight is 571 g/mol. The van der Waals surface area contributed by atoms with E-state index >= 15 is 0 Å². The first-order chi connectivity index (χ1) is 19.4. The molecule has 0 aliphatic heterocycles. The monoisotopic (exact) mass is 570 g/mol. The number of nitrogens with two attached hydrogens (primary N) is 1. The van der Waals surface area contributed by atoms with E-state index in [0.29, 0.717) is 17.5 Å². The van der Waals surface area contributed by atoms with E-state index in [9.17, 15) is 34.2 Å². The molecule has 2 rings (SSSR count). The van der Waals surface area contributed by atoms with Crippen LogP contribution in [0, 0.1) is 5.92 Å². The number of benzene rings is 2. The predicted octanol–water partition coefficient (Wildman–Crippen LogP) is 0.955. The van der Waals surface area contributed by atoms with Crippen molar-refractivity contribution < 1.29 is 39.3 Å². The zero-order valence-electron chi connectivity index (χ0n) is 23.1. The molecule has 0 aromatic heterocycles. The van der Waals surface area contributed by atoms with Gasteiger partial charge >= 0.3 is 11.9 Å². The van der Waals surface area contributed by atoms with E-state index in [1.807, 2.05) is 6.92 Å². The Labute approximate surface area is 238 Å². The second-order valence-electron chi connectivity index (χ2n) is 9.93. The number of nitrogens with one attached hydrogen (secondary N) is 3. The molecule has 0 aliphatic carbocycles. The Kier molecular flexibility index (Phi) is 12.8. The van der Waals surface area contributed by atoms with Crippen molar-refractivity contribution in [3.05, 3.63) is 65.7 Å². The predicted molar refractivity (Wildman–Crippen MR) is 150 cm³/mol. The normalized spacial score (nSPS) is 14.5. The van der Waals surface area contributed by atoms with Crippen molar-refractivity contribution in [2.75, 3.05) is 0 Å². The van der Waals surface area contributed by atoms with Crippen LogP contribution in [0.2, 0.25) is 0 Å². The van der Waals surface area contributed by atoms with Crippen LogP contribution in [-0.2, 0) is 36.8 Å². The highest BCUT2D eigenvalue weighted by atomic mass is 16.4. The highest BCUT2D eigenvalue weighted by Crippen LogP contribution is 2.13. The third-order valence-corrected chi connectivity index (χ3v) is 6.75. The van der Waals surface area contributed by atoms with E-state index in [-0.39, 0.29) is 30.9 Å². The Bertz CT molecular complexity index is 1190. The average Bonchev–Trinajstić information content (AvgIpc) is 2.94. The number of aromatic hydroxyl groups is 1. The summed E-state index contributed by atoms with van der Waals surface area (Å²) in [7, 11) is 0. The molecular weight excluding hydrogens is 532 g/mol. The van der Waals surface area contributed by atoms with Gasteiger partial charge in [-0.2, -0.15) is 0 Å². The van der Waals surface area contributed by atoms with Crippen LogP contribution in [0.1, 0.15) is 44.2 Å². The largest absolute Gasteiger partial charge is 0.508 e. The Hall–Kier alpha value is -4.45. The first-order valence-corrected chi connectivity index (χ1v) is 13.3. The quantitative estimate of drug-likeness (QED) is 0.153. The number of amides is 3. The maximum atomic E-state index is 13.4. The van der Waals surface area contributed by atoms with E-state index in [0.717, 1.165) is 0 Å². The molecule has 0 aliphatic rings. The lowest BCUT2D eigenvalue weighted by Gasteiger charge is -2.26. The second kappa shape index (κ2) is 16.0. The fraction of sp³-hybridized carbons (Fsp3) is 0.414. The van der Waals surface area contributed by atoms with Crippen LogP contribution in [-0.4, -0.2) is 69.1 Å². The maximum absolute atomic E-state index is 13.4. The summed E-state index contributed by atoms with van der Waals surface area (Å²) in [6.07, 6.45) is -0.194. The molecule has 41 heavy (non-hydrogen) atoms. The van der Waals surface area contributed by atoms with Gasteiger partial charge in [-0.1, -0.05) is 62.7 Å². The number of carboxylic acid groups (broad SMARTS) is 2. The molecule has 5 unspecified atom stereocenters. The Morgan fingerprint density at radius 1 is 0.756 bits per heavy atom. The molecule has 12 nitrogen and oxygen atoms in total. The molecule has 0 saturated carbocycles. The van der Waals surface area contributed by atoms with Crippen molar-refractivity contribution in [3.63, 3.8) is 0 Å². The molecule has 5 atom stereocenters. The maximum Gasteiger partial charge on any atom is 0.326 e. The molecule has 2 aromatic carbocycles. The topological polar surface area (TPSA) is 208 Å². The summed E-state index contributed by atoms with van der Waals surface area (Å²) in [5, 5.41) is 36.0. The third-order valence-electron chi connectivity index (χ3n) is 6.75. The molecule has 0 saturated heterocycles. The van der Waals surface area contributed by atoms with E-state index in [1.165, 1.54) is 24.3 Å². The minimum absolute atomic E-state index is 0.00736. The van der Waals surface area contributed by atoms with Gasteiger partial charge in [-0.25, -0.2) is 4.79 Å². The van der Waals surface area contributed by atoms with Gasteiger partial charge in [0.25, 0.3) is 0 Å². The van der Waals surface area contributed by atoms with Gasteiger partial charge in [-0.05, 0) is 35.6 Å².